The van der Waals surface area contributed by atoms with E-state index in [1.54, 1.807) is 17.0 Å². The number of nitrogens with two attached hydrogens (primary N) is 1. The van der Waals surface area contributed by atoms with Crippen molar-refractivity contribution in [1.82, 2.24) is 4.90 Å². The third-order valence-corrected chi connectivity index (χ3v) is 5.47. The largest absolute Gasteiger partial charge is 0.367 e. The van der Waals surface area contributed by atoms with E-state index >= 15 is 0 Å². The first-order chi connectivity index (χ1) is 14.6. The molecular weight excluding hydrogens is 376 g/mol. The van der Waals surface area contributed by atoms with Crippen LogP contribution in [0.25, 0.3) is 11.1 Å². The number of morpholine rings is 1. The van der Waals surface area contributed by atoms with Crippen LogP contribution in [0.5, 0.6) is 0 Å². The average molecular weight is 400 g/mol. The lowest BCUT2D eigenvalue weighted by Gasteiger charge is -2.40. The molecule has 1 fully saturated rings. The van der Waals surface area contributed by atoms with Gasteiger partial charge in [0.25, 0.3) is 11.8 Å². The number of primary amides is 1. The molecule has 1 saturated heterocycles. The Hall–Kier alpha value is -3.44. The molecule has 0 unspecified atom stereocenters. The van der Waals surface area contributed by atoms with Gasteiger partial charge >= 0.3 is 0 Å². The van der Waals surface area contributed by atoms with Gasteiger partial charge in [0.05, 0.1) is 13.2 Å². The summed E-state index contributed by atoms with van der Waals surface area (Å²) < 4.78 is 5.92. The first-order valence-corrected chi connectivity index (χ1v) is 10.00. The van der Waals surface area contributed by atoms with Crippen molar-refractivity contribution in [2.45, 2.75) is 12.0 Å². The fourth-order valence-electron chi connectivity index (χ4n) is 3.89. The smallest absolute Gasteiger partial charge is 0.254 e. The summed E-state index contributed by atoms with van der Waals surface area (Å²) in [5.74, 6) is -0.680. The summed E-state index contributed by atoms with van der Waals surface area (Å²) in [6, 6.07) is 27.1. The van der Waals surface area contributed by atoms with E-state index in [-0.39, 0.29) is 19.1 Å². The number of hydrogen-bond donors (Lipinski definition) is 1. The number of carbonyl (C=O) groups is 2. The van der Waals surface area contributed by atoms with Crippen molar-refractivity contribution >= 4 is 11.8 Å². The van der Waals surface area contributed by atoms with Crippen molar-refractivity contribution in [2.75, 3.05) is 19.7 Å². The molecule has 1 atom stereocenters. The highest BCUT2D eigenvalue weighted by atomic mass is 16.5. The zero-order valence-corrected chi connectivity index (χ0v) is 16.7. The van der Waals surface area contributed by atoms with Crippen LogP contribution in [-0.4, -0.2) is 42.0 Å². The number of hydrogen-bond acceptors (Lipinski definition) is 3. The molecule has 1 heterocycles. The molecule has 152 valence electrons. The maximum absolute atomic E-state index is 12.9. The molecule has 0 saturated carbocycles. The van der Waals surface area contributed by atoms with E-state index in [0.717, 1.165) is 16.7 Å². The third kappa shape index (κ3) is 4.11. The molecule has 0 radical (unpaired) electrons. The molecule has 30 heavy (non-hydrogen) atoms. The van der Waals surface area contributed by atoms with Crippen LogP contribution in [0.4, 0.5) is 0 Å². The quantitative estimate of drug-likeness (QED) is 0.714. The molecule has 1 aliphatic rings. The topological polar surface area (TPSA) is 72.6 Å². The summed E-state index contributed by atoms with van der Waals surface area (Å²) in [6.07, 6.45) is 0.307. The van der Waals surface area contributed by atoms with E-state index in [0.29, 0.717) is 18.5 Å². The number of rotatable bonds is 5. The van der Waals surface area contributed by atoms with Gasteiger partial charge in [0, 0.05) is 18.5 Å². The van der Waals surface area contributed by atoms with E-state index in [4.69, 9.17) is 10.5 Å². The number of ether oxygens (including phenoxy) is 1. The molecule has 5 heteroatoms. The van der Waals surface area contributed by atoms with Crippen LogP contribution in [-0.2, 0) is 16.0 Å². The Bertz CT molecular complexity index is 1040. The Kier molecular flexibility index (Phi) is 5.63. The van der Waals surface area contributed by atoms with Crippen molar-refractivity contribution in [3.05, 3.63) is 96.1 Å². The molecule has 3 aromatic carbocycles. The van der Waals surface area contributed by atoms with Crippen molar-refractivity contribution < 1.29 is 14.3 Å². The summed E-state index contributed by atoms with van der Waals surface area (Å²) >= 11 is 0. The van der Waals surface area contributed by atoms with Gasteiger partial charge in [-0.25, -0.2) is 0 Å². The fraction of sp³-hybridized carbons (Fsp3) is 0.200. The second kappa shape index (κ2) is 8.51. The second-order valence-corrected chi connectivity index (χ2v) is 7.54. The highest BCUT2D eigenvalue weighted by Crippen LogP contribution is 2.27. The molecule has 2 N–H and O–H groups in total. The lowest BCUT2D eigenvalue weighted by Crippen LogP contribution is -2.61. The summed E-state index contributed by atoms with van der Waals surface area (Å²) in [6.45, 7) is 0.818. The molecular formula is C25H24N2O3. The number of carbonyl (C=O) groups excluding carboxylic acids is 2. The van der Waals surface area contributed by atoms with E-state index in [9.17, 15) is 9.59 Å². The van der Waals surface area contributed by atoms with Crippen LogP contribution < -0.4 is 5.73 Å². The summed E-state index contributed by atoms with van der Waals surface area (Å²) in [7, 11) is 0. The Labute approximate surface area is 176 Å². The summed E-state index contributed by atoms with van der Waals surface area (Å²) in [5.41, 5.74) is 8.22. The molecule has 0 aliphatic carbocycles. The van der Waals surface area contributed by atoms with Crippen LogP contribution in [0, 0.1) is 0 Å². The second-order valence-electron chi connectivity index (χ2n) is 7.54. The van der Waals surface area contributed by atoms with Gasteiger partial charge in [-0.2, -0.15) is 0 Å². The van der Waals surface area contributed by atoms with Gasteiger partial charge in [-0.3, -0.25) is 9.59 Å². The van der Waals surface area contributed by atoms with E-state index in [1.807, 2.05) is 72.8 Å². The molecule has 5 nitrogen and oxygen atoms in total. The third-order valence-electron chi connectivity index (χ3n) is 5.47. The fourth-order valence-corrected chi connectivity index (χ4v) is 3.89. The SMILES string of the molecule is NC(=O)[C@@]1(Cc2cccc(-c3ccccc3)c2)CN(C(=O)c2ccccc2)CCO1. The molecule has 1 aliphatic heterocycles. The van der Waals surface area contributed by atoms with E-state index in [2.05, 4.69) is 0 Å². The average Bonchev–Trinajstić information content (AvgIpc) is 2.80. The molecule has 4 rings (SSSR count). The van der Waals surface area contributed by atoms with Crippen LogP contribution in [0.1, 0.15) is 15.9 Å². The normalized spacial score (nSPS) is 18.7. The minimum absolute atomic E-state index is 0.123. The van der Waals surface area contributed by atoms with Crippen molar-refractivity contribution in [3.8, 4) is 11.1 Å². The first-order valence-electron chi connectivity index (χ1n) is 10.00. The lowest BCUT2D eigenvalue weighted by molar-refractivity contribution is -0.153. The summed E-state index contributed by atoms with van der Waals surface area (Å²) in [5, 5.41) is 0. The van der Waals surface area contributed by atoms with E-state index < -0.39 is 11.5 Å². The molecule has 2 amide bonds. The molecule has 0 bridgehead atoms. The van der Waals surface area contributed by atoms with Crippen molar-refractivity contribution in [1.29, 1.82) is 0 Å². The standard InChI is InChI=1S/C25H24N2O3/c26-24(29)25(17-19-8-7-13-22(16-19)20-9-3-1-4-10-20)18-27(14-15-30-25)23(28)21-11-5-2-6-12-21/h1-13,16H,14-15,17-18H2,(H2,26,29)/t25-/m1/s1. The Balaban J connectivity index is 1.59. The minimum atomic E-state index is -1.25. The van der Waals surface area contributed by atoms with Gasteiger partial charge in [-0.1, -0.05) is 72.8 Å². The van der Waals surface area contributed by atoms with Gasteiger partial charge < -0.3 is 15.4 Å². The van der Waals surface area contributed by atoms with Crippen LogP contribution in [0.3, 0.4) is 0 Å². The van der Waals surface area contributed by atoms with E-state index in [1.165, 1.54) is 0 Å². The lowest BCUT2D eigenvalue weighted by atomic mass is 9.90. The Morgan fingerprint density at radius 1 is 0.900 bits per heavy atom. The van der Waals surface area contributed by atoms with Gasteiger partial charge in [-0.05, 0) is 28.8 Å². The predicted octanol–water partition coefficient (Wildman–Crippen LogP) is 3.29. The van der Waals surface area contributed by atoms with Crippen molar-refractivity contribution in [3.63, 3.8) is 0 Å². The molecule has 0 spiro atoms. The van der Waals surface area contributed by atoms with Gasteiger partial charge in [0.1, 0.15) is 0 Å². The number of nitrogens with zero attached hydrogens (tertiary/aromatic N) is 1. The number of benzene rings is 3. The Morgan fingerprint density at radius 2 is 1.57 bits per heavy atom. The van der Waals surface area contributed by atoms with Crippen molar-refractivity contribution in [2.24, 2.45) is 5.73 Å². The highest BCUT2D eigenvalue weighted by Gasteiger charge is 2.44. The first kappa shape index (κ1) is 19.9. The number of amides is 2. The van der Waals surface area contributed by atoms with Gasteiger partial charge in [-0.15, -0.1) is 0 Å². The maximum atomic E-state index is 12.9. The van der Waals surface area contributed by atoms with Gasteiger partial charge in [0.15, 0.2) is 5.60 Å². The predicted molar refractivity (Wildman–Crippen MR) is 116 cm³/mol. The van der Waals surface area contributed by atoms with Gasteiger partial charge in [0.2, 0.25) is 0 Å². The maximum Gasteiger partial charge on any atom is 0.254 e. The highest BCUT2D eigenvalue weighted by molar-refractivity contribution is 5.95. The monoisotopic (exact) mass is 400 g/mol. The van der Waals surface area contributed by atoms with Crippen LogP contribution in [0.15, 0.2) is 84.9 Å². The Morgan fingerprint density at radius 3 is 2.27 bits per heavy atom. The van der Waals surface area contributed by atoms with Crippen LogP contribution in [0.2, 0.25) is 0 Å². The molecule has 3 aromatic rings. The van der Waals surface area contributed by atoms with Crippen LogP contribution >= 0.6 is 0 Å². The molecule has 0 aromatic heterocycles. The minimum Gasteiger partial charge on any atom is -0.367 e. The zero-order valence-electron chi connectivity index (χ0n) is 16.7. The summed E-state index contributed by atoms with van der Waals surface area (Å²) in [4.78, 5) is 27.1. The zero-order chi connectivity index (χ0) is 21.0.